The van der Waals surface area contributed by atoms with Crippen molar-refractivity contribution in [3.05, 3.63) is 65.5 Å². The Morgan fingerprint density at radius 1 is 1.11 bits per heavy atom. The Labute approximate surface area is 165 Å². The zero-order valence-corrected chi connectivity index (χ0v) is 16.1. The maximum atomic E-state index is 13.7. The van der Waals surface area contributed by atoms with Gasteiger partial charge in [0, 0.05) is 19.6 Å². The lowest BCUT2D eigenvalue weighted by atomic mass is 10.1. The lowest BCUT2D eigenvalue weighted by Gasteiger charge is -2.12. The van der Waals surface area contributed by atoms with E-state index in [1.165, 1.54) is 6.07 Å². The van der Waals surface area contributed by atoms with Crippen molar-refractivity contribution in [1.82, 2.24) is 10.6 Å². The van der Waals surface area contributed by atoms with E-state index in [0.717, 1.165) is 18.5 Å². The van der Waals surface area contributed by atoms with Gasteiger partial charge in [-0.05, 0) is 49.1 Å². The van der Waals surface area contributed by atoms with E-state index in [-0.39, 0.29) is 12.4 Å². The molecule has 7 heteroatoms. The molecule has 0 aromatic heterocycles. The first-order chi connectivity index (χ1) is 13.6. The number of primary amides is 1. The molecule has 28 heavy (non-hydrogen) atoms. The summed E-state index contributed by atoms with van der Waals surface area (Å²) in [6, 6.07) is 14.3. The summed E-state index contributed by atoms with van der Waals surface area (Å²) in [5.74, 6) is 0.622. The summed E-state index contributed by atoms with van der Waals surface area (Å²) in [7, 11) is 0. The molecule has 0 aliphatic rings. The molecule has 2 aromatic carbocycles. The van der Waals surface area contributed by atoms with Crippen LogP contribution in [0.2, 0.25) is 0 Å². The summed E-state index contributed by atoms with van der Waals surface area (Å²) in [5.41, 5.74) is 6.85. The predicted octanol–water partition coefficient (Wildman–Crippen LogP) is 2.03. The summed E-state index contributed by atoms with van der Waals surface area (Å²) >= 11 is 0. The number of nitrogens with zero attached hydrogens (tertiary/aromatic N) is 1. The van der Waals surface area contributed by atoms with Crippen LogP contribution in [0.4, 0.5) is 4.39 Å². The second kappa shape index (κ2) is 11.6. The summed E-state index contributed by atoms with van der Waals surface area (Å²) < 4.78 is 18.9. The van der Waals surface area contributed by atoms with Gasteiger partial charge in [0.15, 0.2) is 12.6 Å². The normalized spacial score (nSPS) is 11.1. The molecule has 0 aliphatic carbocycles. The van der Waals surface area contributed by atoms with E-state index in [9.17, 15) is 9.18 Å². The zero-order valence-electron chi connectivity index (χ0n) is 16.1. The third kappa shape index (κ3) is 7.65. The number of guanidine groups is 1. The lowest BCUT2D eigenvalue weighted by molar-refractivity contribution is -0.119. The monoisotopic (exact) mass is 386 g/mol. The number of halogens is 1. The van der Waals surface area contributed by atoms with E-state index in [0.29, 0.717) is 36.8 Å². The van der Waals surface area contributed by atoms with Gasteiger partial charge in [-0.25, -0.2) is 4.39 Å². The van der Waals surface area contributed by atoms with Crippen LogP contribution in [-0.2, 0) is 17.6 Å². The van der Waals surface area contributed by atoms with Crippen LogP contribution in [0.1, 0.15) is 18.1 Å². The standard InChI is InChI=1S/C21H27FN4O2/c1-2-24-21(26-14-12-17-5-3-4-6-19(17)22)25-13-11-16-7-9-18(10-8-16)28-15-20(23)27/h3-10H,2,11-15H2,1H3,(H2,23,27)(H2,24,25,26). The van der Waals surface area contributed by atoms with Crippen LogP contribution in [-0.4, -0.2) is 38.1 Å². The molecule has 0 saturated heterocycles. The van der Waals surface area contributed by atoms with Crippen molar-refractivity contribution in [3.63, 3.8) is 0 Å². The minimum absolute atomic E-state index is 0.129. The third-order valence-corrected chi connectivity index (χ3v) is 3.96. The molecule has 1 amide bonds. The summed E-state index contributed by atoms with van der Waals surface area (Å²) in [6.07, 6.45) is 1.35. The Kier molecular flexibility index (Phi) is 8.78. The molecule has 0 fully saturated rings. The van der Waals surface area contributed by atoms with Gasteiger partial charge in [0.25, 0.3) is 5.91 Å². The van der Waals surface area contributed by atoms with Crippen LogP contribution < -0.4 is 21.1 Å². The predicted molar refractivity (Wildman–Crippen MR) is 109 cm³/mol. The van der Waals surface area contributed by atoms with Gasteiger partial charge in [-0.3, -0.25) is 9.79 Å². The topological polar surface area (TPSA) is 88.7 Å². The SMILES string of the molecule is CCNC(=NCCc1ccccc1F)NCCc1ccc(OCC(N)=O)cc1. The van der Waals surface area contributed by atoms with Crippen molar-refractivity contribution in [1.29, 1.82) is 0 Å². The summed E-state index contributed by atoms with van der Waals surface area (Å²) in [6.45, 7) is 3.82. The summed E-state index contributed by atoms with van der Waals surface area (Å²) in [5, 5.41) is 6.47. The van der Waals surface area contributed by atoms with Crippen molar-refractivity contribution in [2.45, 2.75) is 19.8 Å². The molecule has 0 spiro atoms. The van der Waals surface area contributed by atoms with E-state index in [2.05, 4.69) is 15.6 Å². The van der Waals surface area contributed by atoms with Crippen LogP contribution in [0.25, 0.3) is 0 Å². The number of carbonyl (C=O) groups excluding carboxylic acids is 1. The third-order valence-electron chi connectivity index (χ3n) is 3.96. The van der Waals surface area contributed by atoms with Crippen LogP contribution in [0, 0.1) is 5.82 Å². The fraction of sp³-hybridized carbons (Fsp3) is 0.333. The second-order valence-corrected chi connectivity index (χ2v) is 6.18. The number of benzene rings is 2. The van der Waals surface area contributed by atoms with E-state index >= 15 is 0 Å². The molecule has 0 bridgehead atoms. The quantitative estimate of drug-likeness (QED) is 0.431. The lowest BCUT2D eigenvalue weighted by Crippen LogP contribution is -2.38. The zero-order chi connectivity index (χ0) is 20.2. The Morgan fingerprint density at radius 3 is 2.54 bits per heavy atom. The van der Waals surface area contributed by atoms with Crippen molar-refractivity contribution >= 4 is 11.9 Å². The van der Waals surface area contributed by atoms with Crippen LogP contribution in [0.15, 0.2) is 53.5 Å². The molecule has 150 valence electrons. The first-order valence-corrected chi connectivity index (χ1v) is 9.34. The number of aliphatic imine (C=N–C) groups is 1. The van der Waals surface area contributed by atoms with Gasteiger partial charge < -0.3 is 21.1 Å². The Morgan fingerprint density at radius 2 is 1.86 bits per heavy atom. The van der Waals surface area contributed by atoms with Gasteiger partial charge in [0.05, 0.1) is 0 Å². The molecule has 0 atom stereocenters. The van der Waals surface area contributed by atoms with Gasteiger partial charge in [-0.15, -0.1) is 0 Å². The highest BCUT2D eigenvalue weighted by Gasteiger charge is 2.02. The smallest absolute Gasteiger partial charge is 0.255 e. The van der Waals surface area contributed by atoms with Crippen molar-refractivity contribution in [2.24, 2.45) is 10.7 Å². The van der Waals surface area contributed by atoms with E-state index in [1.54, 1.807) is 12.1 Å². The van der Waals surface area contributed by atoms with Crippen molar-refractivity contribution < 1.29 is 13.9 Å². The molecule has 0 saturated carbocycles. The molecule has 0 aliphatic heterocycles. The van der Waals surface area contributed by atoms with Crippen LogP contribution in [0.3, 0.4) is 0 Å². The molecule has 4 N–H and O–H groups in total. The molecular formula is C21H27FN4O2. The molecule has 0 unspecified atom stereocenters. The molecule has 2 rings (SSSR count). The van der Waals surface area contributed by atoms with E-state index in [1.807, 2.05) is 37.3 Å². The van der Waals surface area contributed by atoms with Gasteiger partial charge in [0.1, 0.15) is 11.6 Å². The van der Waals surface area contributed by atoms with Gasteiger partial charge in [0.2, 0.25) is 0 Å². The van der Waals surface area contributed by atoms with Crippen molar-refractivity contribution in [2.75, 3.05) is 26.2 Å². The fourth-order valence-corrected chi connectivity index (χ4v) is 2.56. The molecular weight excluding hydrogens is 359 g/mol. The second-order valence-electron chi connectivity index (χ2n) is 6.18. The minimum Gasteiger partial charge on any atom is -0.484 e. The van der Waals surface area contributed by atoms with Crippen molar-refractivity contribution in [3.8, 4) is 5.75 Å². The van der Waals surface area contributed by atoms with Gasteiger partial charge >= 0.3 is 0 Å². The molecule has 2 aromatic rings. The first kappa shape index (κ1) is 21.2. The van der Waals surface area contributed by atoms with Gasteiger partial charge in [-0.1, -0.05) is 30.3 Å². The van der Waals surface area contributed by atoms with Crippen LogP contribution in [0.5, 0.6) is 5.75 Å². The molecule has 0 radical (unpaired) electrons. The number of hydrogen-bond donors (Lipinski definition) is 3. The number of rotatable bonds is 10. The Balaban J connectivity index is 1.79. The highest BCUT2D eigenvalue weighted by atomic mass is 19.1. The molecule has 0 heterocycles. The number of ether oxygens (including phenoxy) is 1. The Hall–Kier alpha value is -3.09. The summed E-state index contributed by atoms with van der Waals surface area (Å²) in [4.78, 5) is 15.2. The highest BCUT2D eigenvalue weighted by Crippen LogP contribution is 2.12. The maximum Gasteiger partial charge on any atom is 0.255 e. The minimum atomic E-state index is -0.501. The first-order valence-electron chi connectivity index (χ1n) is 9.34. The Bertz CT molecular complexity index is 778. The number of hydrogen-bond acceptors (Lipinski definition) is 3. The number of nitrogens with one attached hydrogen (secondary N) is 2. The number of carbonyl (C=O) groups is 1. The average Bonchev–Trinajstić information content (AvgIpc) is 2.69. The van der Waals surface area contributed by atoms with E-state index < -0.39 is 5.91 Å². The maximum absolute atomic E-state index is 13.7. The van der Waals surface area contributed by atoms with Gasteiger partial charge in [-0.2, -0.15) is 0 Å². The number of amides is 1. The van der Waals surface area contributed by atoms with E-state index in [4.69, 9.17) is 10.5 Å². The molecule has 6 nitrogen and oxygen atoms in total. The average molecular weight is 386 g/mol. The highest BCUT2D eigenvalue weighted by molar-refractivity contribution is 5.79. The fourth-order valence-electron chi connectivity index (χ4n) is 2.56. The van der Waals surface area contributed by atoms with Crippen LogP contribution >= 0.6 is 0 Å². The largest absolute Gasteiger partial charge is 0.484 e. The number of nitrogens with two attached hydrogens (primary N) is 1.